The lowest BCUT2D eigenvalue weighted by molar-refractivity contribution is 0.0917. The number of nitrogens with one attached hydrogen (secondary N) is 1. The van der Waals surface area contributed by atoms with Gasteiger partial charge >= 0.3 is 0 Å². The third-order valence-corrected chi connectivity index (χ3v) is 2.30. The van der Waals surface area contributed by atoms with Crippen LogP contribution in [0.3, 0.4) is 0 Å². The molecule has 2 N–H and O–H groups in total. The third kappa shape index (κ3) is 3.40. The van der Waals surface area contributed by atoms with Gasteiger partial charge in [-0.2, -0.15) is 0 Å². The van der Waals surface area contributed by atoms with Crippen LogP contribution in [-0.4, -0.2) is 24.2 Å². The number of carbonyl (C=O) groups is 1. The van der Waals surface area contributed by atoms with Crippen LogP contribution in [0, 0.1) is 12.8 Å². The lowest BCUT2D eigenvalue weighted by Gasteiger charge is -2.10. The Morgan fingerprint density at radius 2 is 2.40 bits per heavy atom. The Balaban J connectivity index is 2.40. The van der Waals surface area contributed by atoms with E-state index < -0.39 is 0 Å². The molecule has 0 radical (unpaired) electrons. The summed E-state index contributed by atoms with van der Waals surface area (Å²) in [5, 5.41) is 11.5. The first-order valence-corrected chi connectivity index (χ1v) is 5.08. The summed E-state index contributed by atoms with van der Waals surface area (Å²) >= 11 is 0. The Morgan fingerprint density at radius 1 is 1.67 bits per heavy atom. The molecule has 1 heterocycles. The maximum absolute atomic E-state index is 11.6. The second kappa shape index (κ2) is 5.56. The summed E-state index contributed by atoms with van der Waals surface area (Å²) in [6, 6.07) is 1.76. The minimum Gasteiger partial charge on any atom is -0.459 e. The highest BCUT2D eigenvalue weighted by Crippen LogP contribution is 2.08. The molecule has 0 fully saturated rings. The highest BCUT2D eigenvalue weighted by Gasteiger charge is 2.12. The average Bonchev–Trinajstić information content (AvgIpc) is 2.61. The molecule has 0 saturated carbocycles. The Morgan fingerprint density at radius 3 is 2.93 bits per heavy atom. The summed E-state index contributed by atoms with van der Waals surface area (Å²) in [5.41, 5.74) is 0.835. The van der Waals surface area contributed by atoms with Crippen molar-refractivity contribution in [3.05, 3.63) is 23.7 Å². The molecule has 1 aromatic heterocycles. The Bertz CT molecular complexity index is 319. The Hall–Kier alpha value is -1.29. The molecule has 0 saturated heterocycles. The molecular formula is C11H17NO3. The number of aliphatic hydroxyl groups excluding tert-OH is 1. The van der Waals surface area contributed by atoms with E-state index in [1.54, 1.807) is 6.07 Å². The maximum Gasteiger partial charge on any atom is 0.287 e. The molecule has 1 rings (SSSR count). The van der Waals surface area contributed by atoms with Crippen molar-refractivity contribution in [3.63, 3.8) is 0 Å². The highest BCUT2D eigenvalue weighted by molar-refractivity contribution is 5.92. The lowest BCUT2D eigenvalue weighted by Crippen LogP contribution is -2.28. The predicted octanol–water partition coefficient (Wildman–Crippen LogP) is 1.34. The second-order valence-electron chi connectivity index (χ2n) is 3.76. The largest absolute Gasteiger partial charge is 0.459 e. The van der Waals surface area contributed by atoms with E-state index in [1.807, 2.05) is 13.8 Å². The molecule has 1 amide bonds. The van der Waals surface area contributed by atoms with Crippen molar-refractivity contribution < 1.29 is 14.3 Å². The summed E-state index contributed by atoms with van der Waals surface area (Å²) < 4.78 is 5.06. The summed E-state index contributed by atoms with van der Waals surface area (Å²) in [5.74, 6) is 0.447. The summed E-state index contributed by atoms with van der Waals surface area (Å²) in [7, 11) is 0. The van der Waals surface area contributed by atoms with E-state index >= 15 is 0 Å². The van der Waals surface area contributed by atoms with Gasteiger partial charge in [-0.15, -0.1) is 0 Å². The van der Waals surface area contributed by atoms with Crippen LogP contribution in [0.5, 0.6) is 0 Å². The van der Waals surface area contributed by atoms with Crippen LogP contribution in [-0.2, 0) is 0 Å². The zero-order valence-electron chi connectivity index (χ0n) is 9.12. The molecule has 1 atom stereocenters. The van der Waals surface area contributed by atoms with Crippen LogP contribution in [0.2, 0.25) is 0 Å². The molecule has 84 valence electrons. The van der Waals surface area contributed by atoms with E-state index in [1.165, 1.54) is 6.26 Å². The van der Waals surface area contributed by atoms with Crippen LogP contribution >= 0.6 is 0 Å². The molecule has 0 spiro atoms. The van der Waals surface area contributed by atoms with Gasteiger partial charge in [0.05, 0.1) is 6.26 Å². The van der Waals surface area contributed by atoms with Crippen molar-refractivity contribution in [2.75, 3.05) is 13.2 Å². The number of aliphatic hydroxyl groups is 1. The zero-order valence-corrected chi connectivity index (χ0v) is 9.12. The van der Waals surface area contributed by atoms with Gasteiger partial charge in [-0.1, -0.05) is 6.92 Å². The van der Waals surface area contributed by atoms with Crippen LogP contribution in [0.15, 0.2) is 16.7 Å². The summed E-state index contributed by atoms with van der Waals surface area (Å²) in [6.45, 7) is 4.51. The van der Waals surface area contributed by atoms with Gasteiger partial charge in [-0.05, 0) is 25.3 Å². The molecule has 0 aliphatic carbocycles. The van der Waals surface area contributed by atoms with Crippen LogP contribution in [0.4, 0.5) is 0 Å². The number of hydrogen-bond donors (Lipinski definition) is 2. The molecule has 1 aromatic rings. The quantitative estimate of drug-likeness (QED) is 0.772. The van der Waals surface area contributed by atoms with Gasteiger partial charge < -0.3 is 14.8 Å². The van der Waals surface area contributed by atoms with Crippen molar-refractivity contribution >= 4 is 5.91 Å². The minimum absolute atomic E-state index is 0.150. The fourth-order valence-corrected chi connectivity index (χ4v) is 1.28. The highest BCUT2D eigenvalue weighted by atomic mass is 16.3. The molecule has 15 heavy (non-hydrogen) atoms. The van der Waals surface area contributed by atoms with Crippen LogP contribution < -0.4 is 5.32 Å². The van der Waals surface area contributed by atoms with Crippen molar-refractivity contribution in [1.82, 2.24) is 5.32 Å². The van der Waals surface area contributed by atoms with E-state index in [-0.39, 0.29) is 18.4 Å². The number of aryl methyl sites for hydroxylation is 1. The van der Waals surface area contributed by atoms with E-state index in [4.69, 9.17) is 9.52 Å². The van der Waals surface area contributed by atoms with Crippen molar-refractivity contribution in [2.45, 2.75) is 20.3 Å². The SMILES string of the molecule is Cc1ccoc1C(=O)NCC(C)CCO. The van der Waals surface area contributed by atoms with Crippen LogP contribution in [0.25, 0.3) is 0 Å². The topological polar surface area (TPSA) is 62.5 Å². The Labute approximate surface area is 89.3 Å². The fraction of sp³-hybridized carbons (Fsp3) is 0.545. The van der Waals surface area contributed by atoms with Gasteiger partial charge in [0.2, 0.25) is 0 Å². The van der Waals surface area contributed by atoms with Gasteiger partial charge in [0.1, 0.15) is 0 Å². The zero-order chi connectivity index (χ0) is 11.3. The average molecular weight is 211 g/mol. The Kier molecular flexibility index (Phi) is 4.37. The number of rotatable bonds is 5. The second-order valence-corrected chi connectivity index (χ2v) is 3.76. The number of hydrogen-bond acceptors (Lipinski definition) is 3. The molecule has 0 aromatic carbocycles. The van der Waals surface area contributed by atoms with Crippen molar-refractivity contribution in [1.29, 1.82) is 0 Å². The number of carbonyl (C=O) groups excluding carboxylic acids is 1. The van der Waals surface area contributed by atoms with Gasteiger partial charge in [0.15, 0.2) is 5.76 Å². The van der Waals surface area contributed by atoms with Gasteiger partial charge in [0, 0.05) is 18.7 Å². The fourth-order valence-electron chi connectivity index (χ4n) is 1.28. The molecule has 4 nitrogen and oxygen atoms in total. The van der Waals surface area contributed by atoms with E-state index in [0.29, 0.717) is 18.7 Å². The first kappa shape index (κ1) is 11.8. The molecule has 1 unspecified atom stereocenters. The maximum atomic E-state index is 11.6. The normalized spacial score (nSPS) is 12.5. The number of amides is 1. The standard InChI is InChI=1S/C11H17NO3/c1-8(3-5-13)7-12-11(14)10-9(2)4-6-15-10/h4,6,8,13H,3,5,7H2,1-2H3,(H,12,14). The minimum atomic E-state index is -0.192. The third-order valence-electron chi connectivity index (χ3n) is 2.30. The summed E-state index contributed by atoms with van der Waals surface area (Å²) in [4.78, 5) is 11.6. The first-order chi connectivity index (χ1) is 7.15. The van der Waals surface area contributed by atoms with E-state index in [0.717, 1.165) is 5.56 Å². The van der Waals surface area contributed by atoms with Crippen LogP contribution in [0.1, 0.15) is 29.5 Å². The van der Waals surface area contributed by atoms with E-state index in [2.05, 4.69) is 5.32 Å². The predicted molar refractivity (Wildman–Crippen MR) is 56.6 cm³/mol. The van der Waals surface area contributed by atoms with Gasteiger partial charge in [-0.25, -0.2) is 0 Å². The number of furan rings is 1. The molecule has 0 aliphatic heterocycles. The van der Waals surface area contributed by atoms with Gasteiger partial charge in [-0.3, -0.25) is 4.79 Å². The molecule has 0 bridgehead atoms. The van der Waals surface area contributed by atoms with Crippen molar-refractivity contribution in [3.8, 4) is 0 Å². The van der Waals surface area contributed by atoms with Gasteiger partial charge in [0.25, 0.3) is 5.91 Å². The molecule has 4 heteroatoms. The molecule has 0 aliphatic rings. The molecular weight excluding hydrogens is 194 g/mol. The lowest BCUT2D eigenvalue weighted by atomic mass is 10.1. The summed E-state index contributed by atoms with van der Waals surface area (Å²) in [6.07, 6.45) is 2.19. The monoisotopic (exact) mass is 211 g/mol. The van der Waals surface area contributed by atoms with Crippen molar-refractivity contribution in [2.24, 2.45) is 5.92 Å². The smallest absolute Gasteiger partial charge is 0.287 e. The first-order valence-electron chi connectivity index (χ1n) is 5.08. The van der Waals surface area contributed by atoms with E-state index in [9.17, 15) is 4.79 Å².